The highest BCUT2D eigenvalue weighted by atomic mass is 16.5. The molecule has 0 saturated carbocycles. The van der Waals surface area contributed by atoms with Crippen molar-refractivity contribution >= 4 is 0 Å². The molecular weight excluding hydrogens is 236 g/mol. The summed E-state index contributed by atoms with van der Waals surface area (Å²) in [5.41, 5.74) is 1.09. The number of aryl methyl sites for hydroxylation is 1. The average molecular weight is 256 g/mol. The lowest BCUT2D eigenvalue weighted by Gasteiger charge is -2.17. The molecule has 0 bridgehead atoms. The van der Waals surface area contributed by atoms with E-state index < -0.39 is 0 Å². The van der Waals surface area contributed by atoms with Crippen LogP contribution in [0.1, 0.15) is 50.0 Å². The summed E-state index contributed by atoms with van der Waals surface area (Å²) in [7, 11) is 0. The third-order valence-electron chi connectivity index (χ3n) is 3.12. The smallest absolute Gasteiger partial charge is 0.217 e. The molecule has 100 valence electrons. The van der Waals surface area contributed by atoms with Gasteiger partial charge in [-0.25, -0.2) is 4.98 Å². The van der Waals surface area contributed by atoms with Gasteiger partial charge in [0, 0.05) is 18.4 Å². The zero-order valence-electron chi connectivity index (χ0n) is 11.6. The van der Waals surface area contributed by atoms with Crippen molar-refractivity contribution in [3.05, 3.63) is 29.7 Å². The largest absolute Gasteiger partial charge is 0.464 e. The van der Waals surface area contributed by atoms with Crippen LogP contribution in [-0.2, 0) is 0 Å². The molecule has 1 aromatic heterocycles. The van der Waals surface area contributed by atoms with E-state index in [1.165, 1.54) is 0 Å². The predicted molar refractivity (Wildman–Crippen MR) is 76.1 cm³/mol. The molecule has 1 atom stereocenters. The van der Waals surface area contributed by atoms with Crippen molar-refractivity contribution in [1.82, 2.24) is 9.97 Å². The Hall–Kier alpha value is -1.82. The van der Waals surface area contributed by atoms with E-state index in [-0.39, 0.29) is 0 Å². The van der Waals surface area contributed by atoms with Gasteiger partial charge in [-0.05, 0) is 26.2 Å². The molecule has 3 nitrogen and oxygen atoms in total. The second kappa shape index (κ2) is 6.94. The van der Waals surface area contributed by atoms with Crippen molar-refractivity contribution in [3.63, 3.8) is 0 Å². The summed E-state index contributed by atoms with van der Waals surface area (Å²) < 4.78 is 5.58. The summed E-state index contributed by atoms with van der Waals surface area (Å²) in [5, 5.41) is 0. The minimum absolute atomic E-state index is 0.397. The minimum Gasteiger partial charge on any atom is -0.464 e. The Balaban J connectivity index is 2.08. The third-order valence-corrected chi connectivity index (χ3v) is 3.12. The molecule has 0 radical (unpaired) electrons. The Labute approximate surface area is 115 Å². The SMILES string of the molecule is CCC#CCOc1cc(C2CC=CCC2)nc(C)n1. The van der Waals surface area contributed by atoms with Crippen molar-refractivity contribution in [2.45, 2.75) is 45.4 Å². The predicted octanol–water partition coefficient (Wildman–Crippen LogP) is 3.40. The molecule has 0 fully saturated rings. The number of ether oxygens (including phenoxy) is 1. The highest BCUT2D eigenvalue weighted by molar-refractivity contribution is 5.21. The first kappa shape index (κ1) is 13.6. The zero-order valence-corrected chi connectivity index (χ0v) is 11.6. The van der Waals surface area contributed by atoms with E-state index in [1.807, 2.05) is 19.9 Å². The maximum absolute atomic E-state index is 5.58. The van der Waals surface area contributed by atoms with Crippen molar-refractivity contribution in [2.75, 3.05) is 6.61 Å². The monoisotopic (exact) mass is 256 g/mol. The number of allylic oxidation sites excluding steroid dienone is 2. The summed E-state index contributed by atoms with van der Waals surface area (Å²) in [4.78, 5) is 8.85. The molecule has 1 heterocycles. The molecule has 0 aromatic carbocycles. The molecule has 1 aromatic rings. The van der Waals surface area contributed by atoms with Gasteiger partial charge >= 0.3 is 0 Å². The molecule has 2 rings (SSSR count). The Morgan fingerprint density at radius 3 is 2.95 bits per heavy atom. The average Bonchev–Trinajstić information content (AvgIpc) is 2.44. The quantitative estimate of drug-likeness (QED) is 0.614. The Morgan fingerprint density at radius 2 is 2.21 bits per heavy atom. The van der Waals surface area contributed by atoms with Gasteiger partial charge in [0.15, 0.2) is 6.61 Å². The lowest BCUT2D eigenvalue weighted by molar-refractivity contribution is 0.352. The van der Waals surface area contributed by atoms with E-state index in [9.17, 15) is 0 Å². The van der Waals surface area contributed by atoms with E-state index in [0.717, 1.165) is 37.2 Å². The van der Waals surface area contributed by atoms with Gasteiger partial charge < -0.3 is 4.74 Å². The molecule has 1 unspecified atom stereocenters. The summed E-state index contributed by atoms with van der Waals surface area (Å²) in [6.45, 7) is 4.33. The maximum Gasteiger partial charge on any atom is 0.217 e. The van der Waals surface area contributed by atoms with Crippen molar-refractivity contribution in [3.8, 4) is 17.7 Å². The Bertz CT molecular complexity index is 511. The summed E-state index contributed by atoms with van der Waals surface area (Å²) in [5.74, 6) is 7.85. The molecule has 3 heteroatoms. The fraction of sp³-hybridized carbons (Fsp3) is 0.500. The first-order valence-corrected chi connectivity index (χ1v) is 6.88. The van der Waals surface area contributed by atoms with Gasteiger partial charge in [-0.2, -0.15) is 4.98 Å². The van der Waals surface area contributed by atoms with Crippen LogP contribution in [0.15, 0.2) is 18.2 Å². The van der Waals surface area contributed by atoms with Gasteiger partial charge in [0.05, 0.1) is 5.69 Å². The van der Waals surface area contributed by atoms with Crippen molar-refractivity contribution < 1.29 is 4.74 Å². The standard InChI is InChI=1S/C16H20N2O/c1-3-4-8-11-19-16-12-15(17-13(2)18-16)14-9-6-5-7-10-14/h5-6,12,14H,3,7,9-11H2,1-2H3. The summed E-state index contributed by atoms with van der Waals surface area (Å²) >= 11 is 0. The van der Waals surface area contributed by atoms with Crippen LogP contribution in [0.4, 0.5) is 0 Å². The number of hydrogen-bond donors (Lipinski definition) is 0. The van der Waals surface area contributed by atoms with Gasteiger partial charge in [-0.15, -0.1) is 5.92 Å². The molecule has 19 heavy (non-hydrogen) atoms. The van der Waals surface area contributed by atoms with E-state index in [4.69, 9.17) is 4.74 Å². The highest BCUT2D eigenvalue weighted by Crippen LogP contribution is 2.29. The molecule has 1 aliphatic rings. The topological polar surface area (TPSA) is 35.0 Å². The summed E-state index contributed by atoms with van der Waals surface area (Å²) in [6.07, 6.45) is 8.67. The van der Waals surface area contributed by atoms with Gasteiger partial charge in [0.25, 0.3) is 0 Å². The second-order valence-corrected chi connectivity index (χ2v) is 4.66. The third kappa shape index (κ3) is 4.10. The maximum atomic E-state index is 5.58. The molecule has 0 saturated heterocycles. The molecule has 1 aliphatic carbocycles. The van der Waals surface area contributed by atoms with Crippen LogP contribution in [0.3, 0.4) is 0 Å². The molecule has 0 N–H and O–H groups in total. The first-order chi connectivity index (χ1) is 9.29. The molecular formula is C16H20N2O. The van der Waals surface area contributed by atoms with Crippen molar-refractivity contribution in [1.29, 1.82) is 0 Å². The molecule has 0 aliphatic heterocycles. The van der Waals surface area contributed by atoms with Gasteiger partial charge in [0.2, 0.25) is 5.88 Å². The van der Waals surface area contributed by atoms with Gasteiger partial charge in [-0.1, -0.05) is 25.0 Å². The van der Waals surface area contributed by atoms with Crippen LogP contribution in [-0.4, -0.2) is 16.6 Å². The minimum atomic E-state index is 0.397. The molecule has 0 amide bonds. The Morgan fingerprint density at radius 1 is 1.32 bits per heavy atom. The van der Waals surface area contributed by atoms with Crippen LogP contribution in [0.5, 0.6) is 5.88 Å². The van der Waals surface area contributed by atoms with Gasteiger partial charge in [0.1, 0.15) is 5.82 Å². The Kier molecular flexibility index (Phi) is 4.97. The number of nitrogens with zero attached hydrogens (tertiary/aromatic N) is 2. The second-order valence-electron chi connectivity index (χ2n) is 4.66. The zero-order chi connectivity index (χ0) is 13.5. The van der Waals surface area contributed by atoms with Gasteiger partial charge in [-0.3, -0.25) is 0 Å². The fourth-order valence-corrected chi connectivity index (χ4v) is 2.19. The summed E-state index contributed by atoms with van der Waals surface area (Å²) in [6, 6.07) is 1.96. The highest BCUT2D eigenvalue weighted by Gasteiger charge is 2.15. The van der Waals surface area contributed by atoms with E-state index in [1.54, 1.807) is 0 Å². The van der Waals surface area contributed by atoms with Crippen LogP contribution >= 0.6 is 0 Å². The lowest BCUT2D eigenvalue weighted by atomic mass is 9.91. The fourth-order valence-electron chi connectivity index (χ4n) is 2.19. The van der Waals surface area contributed by atoms with Crippen LogP contribution in [0.25, 0.3) is 0 Å². The van der Waals surface area contributed by atoms with Crippen LogP contribution in [0.2, 0.25) is 0 Å². The van der Waals surface area contributed by atoms with Crippen molar-refractivity contribution in [2.24, 2.45) is 0 Å². The van der Waals surface area contributed by atoms with E-state index in [2.05, 4.69) is 34.0 Å². The van der Waals surface area contributed by atoms with E-state index in [0.29, 0.717) is 18.4 Å². The number of hydrogen-bond acceptors (Lipinski definition) is 3. The molecule has 0 spiro atoms. The van der Waals surface area contributed by atoms with Crippen LogP contribution < -0.4 is 4.74 Å². The van der Waals surface area contributed by atoms with E-state index >= 15 is 0 Å². The normalized spacial score (nSPS) is 17.7. The number of rotatable bonds is 3. The first-order valence-electron chi connectivity index (χ1n) is 6.88. The lowest BCUT2D eigenvalue weighted by Crippen LogP contribution is -2.07. The van der Waals surface area contributed by atoms with Crippen LogP contribution in [0, 0.1) is 18.8 Å². The number of aromatic nitrogens is 2.